The molecule has 0 spiro atoms. The highest BCUT2D eigenvalue weighted by Crippen LogP contribution is 2.34. The molecule has 2 atom stereocenters. The van der Waals surface area contributed by atoms with E-state index >= 15 is 0 Å². The Hall–Kier alpha value is -2.83. The number of hydrogen-bond donors (Lipinski definition) is 1. The zero-order valence-corrected chi connectivity index (χ0v) is 17.6. The molecule has 0 saturated carbocycles. The molecule has 0 fully saturated rings. The number of aliphatic hydroxyl groups excluding tert-OH is 1. The number of hydrogen-bond acceptors (Lipinski definition) is 5. The molecule has 0 radical (unpaired) electrons. The third-order valence-electron chi connectivity index (χ3n) is 4.50. The Labute approximate surface area is 178 Å². The van der Waals surface area contributed by atoms with Crippen molar-refractivity contribution in [3.05, 3.63) is 94.0 Å². The van der Waals surface area contributed by atoms with E-state index in [1.807, 2.05) is 0 Å². The number of benzene rings is 3. The van der Waals surface area contributed by atoms with Crippen LogP contribution in [-0.2, 0) is 4.74 Å². The molecule has 1 N–H and O–H groups in total. The summed E-state index contributed by atoms with van der Waals surface area (Å²) in [6.07, 6.45) is -1.96. The predicted molar refractivity (Wildman–Crippen MR) is 113 cm³/mol. The van der Waals surface area contributed by atoms with E-state index < -0.39 is 18.2 Å². The first kappa shape index (κ1) is 20.9. The zero-order chi connectivity index (χ0) is 20.8. The van der Waals surface area contributed by atoms with Crippen molar-refractivity contribution >= 4 is 21.9 Å². The van der Waals surface area contributed by atoms with Gasteiger partial charge >= 0.3 is 5.97 Å². The summed E-state index contributed by atoms with van der Waals surface area (Å²) in [6.45, 7) is 0. The van der Waals surface area contributed by atoms with Crippen LogP contribution in [0.15, 0.2) is 77.3 Å². The monoisotopic (exact) mass is 456 g/mol. The third-order valence-corrected chi connectivity index (χ3v) is 5.03. The molecule has 0 aliphatic carbocycles. The normalized spacial score (nSPS) is 12.7. The van der Waals surface area contributed by atoms with Crippen LogP contribution in [0.4, 0.5) is 0 Å². The summed E-state index contributed by atoms with van der Waals surface area (Å²) in [5, 5.41) is 11.0. The summed E-state index contributed by atoms with van der Waals surface area (Å²) in [4.78, 5) is 12.7. The van der Waals surface area contributed by atoms with Gasteiger partial charge in [-0.3, -0.25) is 0 Å². The number of esters is 1. The largest absolute Gasteiger partial charge is 0.497 e. The van der Waals surface area contributed by atoms with Gasteiger partial charge < -0.3 is 19.3 Å². The SMILES string of the molecule is COc1ccc(C(O)C(OC(=O)c2ccc(Br)cc2)c2ccc(OC)cc2)cc1. The molecule has 0 amide bonds. The number of rotatable bonds is 7. The van der Waals surface area contributed by atoms with Crippen LogP contribution >= 0.6 is 15.9 Å². The second-order valence-corrected chi connectivity index (χ2v) is 7.24. The van der Waals surface area contributed by atoms with Gasteiger partial charge in [0.05, 0.1) is 19.8 Å². The molecule has 5 nitrogen and oxygen atoms in total. The van der Waals surface area contributed by atoms with Crippen molar-refractivity contribution in [1.29, 1.82) is 0 Å². The summed E-state index contributed by atoms with van der Waals surface area (Å²) >= 11 is 3.35. The average molecular weight is 457 g/mol. The van der Waals surface area contributed by atoms with Crippen LogP contribution < -0.4 is 9.47 Å². The third kappa shape index (κ3) is 5.16. The van der Waals surface area contributed by atoms with Crippen molar-refractivity contribution < 1.29 is 24.1 Å². The van der Waals surface area contributed by atoms with E-state index in [0.29, 0.717) is 28.2 Å². The number of aliphatic hydroxyl groups is 1. The van der Waals surface area contributed by atoms with Gasteiger partial charge in [0.25, 0.3) is 0 Å². The standard InChI is InChI=1S/C23H21BrO5/c1-27-19-11-5-15(6-12-19)21(25)22(16-7-13-20(28-2)14-8-16)29-23(26)17-3-9-18(24)10-4-17/h3-14,21-22,25H,1-2H3. The van der Waals surface area contributed by atoms with Crippen molar-refractivity contribution in [2.24, 2.45) is 0 Å². The fraction of sp³-hybridized carbons (Fsp3) is 0.174. The topological polar surface area (TPSA) is 65.0 Å². The summed E-state index contributed by atoms with van der Waals surface area (Å²) < 4.78 is 17.0. The Morgan fingerprint density at radius 2 is 1.28 bits per heavy atom. The smallest absolute Gasteiger partial charge is 0.338 e. The number of halogens is 1. The summed E-state index contributed by atoms with van der Waals surface area (Å²) in [5.74, 6) is 0.824. The van der Waals surface area contributed by atoms with Gasteiger partial charge in [-0.2, -0.15) is 0 Å². The Kier molecular flexibility index (Phi) is 6.90. The molecule has 29 heavy (non-hydrogen) atoms. The van der Waals surface area contributed by atoms with Gasteiger partial charge in [-0.05, 0) is 59.7 Å². The van der Waals surface area contributed by atoms with Crippen molar-refractivity contribution in [1.82, 2.24) is 0 Å². The quantitative estimate of drug-likeness (QED) is 0.501. The van der Waals surface area contributed by atoms with E-state index in [1.165, 1.54) is 0 Å². The Morgan fingerprint density at radius 3 is 1.76 bits per heavy atom. The number of ether oxygens (including phenoxy) is 3. The average Bonchev–Trinajstić information content (AvgIpc) is 2.77. The van der Waals surface area contributed by atoms with E-state index in [1.54, 1.807) is 87.0 Å². The Bertz CT molecular complexity index is 937. The molecule has 0 saturated heterocycles. The summed E-state index contributed by atoms with van der Waals surface area (Å²) in [6, 6.07) is 20.9. The molecule has 0 aliphatic heterocycles. The van der Waals surface area contributed by atoms with Gasteiger partial charge in [0.2, 0.25) is 0 Å². The van der Waals surface area contributed by atoms with Crippen LogP contribution in [0.2, 0.25) is 0 Å². The summed E-state index contributed by atoms with van der Waals surface area (Å²) in [7, 11) is 3.15. The number of carbonyl (C=O) groups excluding carboxylic acids is 1. The minimum absolute atomic E-state index is 0.397. The minimum atomic E-state index is -1.06. The molecule has 6 heteroatoms. The van der Waals surface area contributed by atoms with Crippen LogP contribution in [0.25, 0.3) is 0 Å². The van der Waals surface area contributed by atoms with Crippen LogP contribution in [0.1, 0.15) is 33.7 Å². The van der Waals surface area contributed by atoms with Gasteiger partial charge in [0.15, 0.2) is 6.10 Å². The first-order chi connectivity index (χ1) is 14.0. The van der Waals surface area contributed by atoms with Gasteiger partial charge in [0, 0.05) is 4.47 Å². The predicted octanol–water partition coefficient (Wildman–Crippen LogP) is 5.10. The fourth-order valence-electron chi connectivity index (χ4n) is 2.85. The van der Waals surface area contributed by atoms with Crippen molar-refractivity contribution in [3.8, 4) is 11.5 Å². The molecule has 0 aromatic heterocycles. The Morgan fingerprint density at radius 1 is 0.793 bits per heavy atom. The van der Waals surface area contributed by atoms with E-state index in [2.05, 4.69) is 15.9 Å². The molecule has 0 heterocycles. The number of carbonyl (C=O) groups is 1. The van der Waals surface area contributed by atoms with Crippen molar-refractivity contribution in [2.45, 2.75) is 12.2 Å². The van der Waals surface area contributed by atoms with Crippen LogP contribution in [-0.4, -0.2) is 25.3 Å². The molecule has 0 aliphatic rings. The lowest BCUT2D eigenvalue weighted by atomic mass is 9.97. The molecule has 3 aromatic rings. The maximum Gasteiger partial charge on any atom is 0.338 e. The minimum Gasteiger partial charge on any atom is -0.497 e. The van der Waals surface area contributed by atoms with E-state index in [4.69, 9.17) is 14.2 Å². The van der Waals surface area contributed by atoms with E-state index in [0.717, 1.165) is 4.47 Å². The molecular formula is C23H21BrO5. The Balaban J connectivity index is 1.91. The van der Waals surface area contributed by atoms with Gasteiger partial charge in [-0.15, -0.1) is 0 Å². The first-order valence-corrected chi connectivity index (χ1v) is 9.73. The summed E-state index contributed by atoms with van der Waals surface area (Å²) in [5.41, 5.74) is 1.66. The second kappa shape index (κ2) is 9.58. The van der Waals surface area contributed by atoms with Gasteiger partial charge in [-0.1, -0.05) is 40.2 Å². The highest BCUT2D eigenvalue weighted by molar-refractivity contribution is 9.10. The molecule has 0 bridgehead atoms. The van der Waals surface area contributed by atoms with E-state index in [-0.39, 0.29) is 0 Å². The molecule has 2 unspecified atom stereocenters. The highest BCUT2D eigenvalue weighted by atomic mass is 79.9. The molecule has 3 rings (SSSR count). The van der Waals surface area contributed by atoms with Crippen LogP contribution in [0.5, 0.6) is 11.5 Å². The van der Waals surface area contributed by atoms with Crippen molar-refractivity contribution in [2.75, 3.05) is 14.2 Å². The lowest BCUT2D eigenvalue weighted by Crippen LogP contribution is -2.19. The van der Waals surface area contributed by atoms with Gasteiger partial charge in [-0.25, -0.2) is 4.79 Å². The maximum atomic E-state index is 12.7. The zero-order valence-electron chi connectivity index (χ0n) is 16.0. The fourth-order valence-corrected chi connectivity index (χ4v) is 3.12. The van der Waals surface area contributed by atoms with Crippen molar-refractivity contribution in [3.63, 3.8) is 0 Å². The maximum absolute atomic E-state index is 12.7. The van der Waals surface area contributed by atoms with Gasteiger partial charge in [0.1, 0.15) is 17.6 Å². The molecule has 3 aromatic carbocycles. The molecule has 150 valence electrons. The molecular weight excluding hydrogens is 436 g/mol. The first-order valence-electron chi connectivity index (χ1n) is 8.94. The number of methoxy groups -OCH3 is 2. The second-order valence-electron chi connectivity index (χ2n) is 6.32. The van der Waals surface area contributed by atoms with E-state index in [9.17, 15) is 9.90 Å². The lowest BCUT2D eigenvalue weighted by Gasteiger charge is -2.24. The highest BCUT2D eigenvalue weighted by Gasteiger charge is 2.27. The van der Waals surface area contributed by atoms with Crippen LogP contribution in [0.3, 0.4) is 0 Å². The van der Waals surface area contributed by atoms with Crippen LogP contribution in [0, 0.1) is 0 Å². The lowest BCUT2D eigenvalue weighted by molar-refractivity contribution is -0.0209.